The van der Waals surface area contributed by atoms with Crippen LogP contribution in [0.2, 0.25) is 0 Å². The Morgan fingerprint density at radius 1 is 1.00 bits per heavy atom. The maximum atomic E-state index is 13.3. The second-order valence-electron chi connectivity index (χ2n) is 8.17. The summed E-state index contributed by atoms with van der Waals surface area (Å²) in [6.07, 6.45) is 0. The first-order chi connectivity index (χ1) is 16.5. The van der Waals surface area contributed by atoms with Crippen molar-refractivity contribution >= 4 is 34.3 Å². The Balaban J connectivity index is 1.90. The molecule has 1 aliphatic heterocycles. The molecule has 1 saturated heterocycles. The lowest BCUT2D eigenvalue weighted by atomic mass is 10.1. The highest BCUT2D eigenvalue weighted by Gasteiger charge is 2.34. The van der Waals surface area contributed by atoms with E-state index in [0.717, 1.165) is 6.07 Å². The van der Waals surface area contributed by atoms with Gasteiger partial charge in [0.25, 0.3) is 23.0 Å². The van der Waals surface area contributed by atoms with Crippen LogP contribution in [-0.2, 0) is 0 Å². The van der Waals surface area contributed by atoms with E-state index in [9.17, 15) is 35.1 Å². The third kappa shape index (κ3) is 4.90. The fraction of sp³-hybridized carbons (Fsp3) is 0.381. The lowest BCUT2D eigenvalue weighted by molar-refractivity contribution is -0.393. The Morgan fingerprint density at radius 2 is 1.66 bits per heavy atom. The number of carbonyl (C=O) groups is 1. The van der Waals surface area contributed by atoms with E-state index in [2.05, 4.69) is 0 Å². The van der Waals surface area contributed by atoms with Crippen LogP contribution in [0, 0.1) is 30.3 Å². The monoisotopic (exact) mass is 488 g/mol. The highest BCUT2D eigenvalue weighted by atomic mass is 16.6. The zero-order valence-corrected chi connectivity index (χ0v) is 19.5. The van der Waals surface area contributed by atoms with Crippen molar-refractivity contribution in [2.75, 3.05) is 50.6 Å². The van der Waals surface area contributed by atoms with E-state index < -0.39 is 32.1 Å². The number of hydrogen-bond donors (Lipinski definition) is 0. The fourth-order valence-corrected chi connectivity index (χ4v) is 4.08. The average molecular weight is 488 g/mol. The predicted molar refractivity (Wildman–Crippen MR) is 126 cm³/mol. The van der Waals surface area contributed by atoms with Crippen molar-refractivity contribution in [3.8, 4) is 5.75 Å². The number of nitro benzene ring substituents is 3. The summed E-state index contributed by atoms with van der Waals surface area (Å²) in [4.78, 5) is 50.3. The molecule has 1 atom stereocenters. The van der Waals surface area contributed by atoms with E-state index in [1.807, 2.05) is 0 Å². The summed E-state index contributed by atoms with van der Waals surface area (Å²) in [6.45, 7) is 2.31. The molecular formula is C21H24N6O8. The Kier molecular flexibility index (Phi) is 7.03. The van der Waals surface area contributed by atoms with Crippen LogP contribution in [0.3, 0.4) is 0 Å². The van der Waals surface area contributed by atoms with E-state index in [1.54, 1.807) is 30.8 Å². The van der Waals surface area contributed by atoms with Crippen LogP contribution in [-0.4, -0.2) is 72.5 Å². The molecule has 1 fully saturated rings. The number of methoxy groups -OCH3 is 1. The molecule has 0 aromatic heterocycles. The number of anilines is 2. The Labute approximate surface area is 199 Å². The molecule has 0 bridgehead atoms. The van der Waals surface area contributed by atoms with Gasteiger partial charge in [0, 0.05) is 58.0 Å². The van der Waals surface area contributed by atoms with Crippen LogP contribution >= 0.6 is 0 Å². The van der Waals surface area contributed by atoms with Crippen LogP contribution in [0.1, 0.15) is 17.3 Å². The molecule has 14 nitrogen and oxygen atoms in total. The molecule has 1 aliphatic rings. The quantitative estimate of drug-likeness (QED) is 0.418. The number of non-ortho nitro benzene ring substituents is 1. The molecule has 0 radical (unpaired) electrons. The molecule has 14 heteroatoms. The number of nitrogens with zero attached hydrogens (tertiary/aromatic N) is 6. The van der Waals surface area contributed by atoms with Gasteiger partial charge in [0.05, 0.1) is 33.5 Å². The van der Waals surface area contributed by atoms with Gasteiger partial charge in [-0.05, 0) is 13.0 Å². The van der Waals surface area contributed by atoms with Crippen LogP contribution in [0.4, 0.5) is 28.4 Å². The third-order valence-corrected chi connectivity index (χ3v) is 5.80. The summed E-state index contributed by atoms with van der Waals surface area (Å²) in [5, 5.41) is 34.2. The number of rotatable bonds is 7. The predicted octanol–water partition coefficient (Wildman–Crippen LogP) is 2.84. The van der Waals surface area contributed by atoms with Crippen molar-refractivity contribution in [1.82, 2.24) is 4.90 Å². The van der Waals surface area contributed by atoms with E-state index in [0.29, 0.717) is 0 Å². The second-order valence-corrected chi connectivity index (χ2v) is 8.17. The van der Waals surface area contributed by atoms with Gasteiger partial charge in [-0.1, -0.05) is 0 Å². The lowest BCUT2D eigenvalue weighted by Crippen LogP contribution is -2.54. The first-order valence-electron chi connectivity index (χ1n) is 10.5. The number of ether oxygens (including phenoxy) is 1. The summed E-state index contributed by atoms with van der Waals surface area (Å²) in [5.41, 5.74) is -0.505. The highest BCUT2D eigenvalue weighted by Crippen LogP contribution is 2.37. The van der Waals surface area contributed by atoms with Gasteiger partial charge in [-0.2, -0.15) is 0 Å². The van der Waals surface area contributed by atoms with Crippen LogP contribution in [0.15, 0.2) is 30.3 Å². The van der Waals surface area contributed by atoms with Gasteiger partial charge in [-0.3, -0.25) is 35.1 Å². The lowest BCUT2D eigenvalue weighted by Gasteiger charge is -2.41. The Bertz CT molecular complexity index is 1200. The maximum absolute atomic E-state index is 13.3. The van der Waals surface area contributed by atoms with Gasteiger partial charge < -0.3 is 19.4 Å². The van der Waals surface area contributed by atoms with Gasteiger partial charge in [-0.25, -0.2) is 0 Å². The van der Waals surface area contributed by atoms with Crippen molar-refractivity contribution in [2.24, 2.45) is 0 Å². The summed E-state index contributed by atoms with van der Waals surface area (Å²) >= 11 is 0. The minimum Gasteiger partial charge on any atom is -0.496 e. The van der Waals surface area contributed by atoms with Gasteiger partial charge in [0.2, 0.25) is 0 Å². The smallest absolute Gasteiger partial charge is 0.299 e. The normalized spacial score (nSPS) is 15.5. The van der Waals surface area contributed by atoms with E-state index in [-0.39, 0.29) is 54.1 Å². The minimum atomic E-state index is -0.703. The summed E-state index contributed by atoms with van der Waals surface area (Å²) < 4.78 is 5.34. The van der Waals surface area contributed by atoms with Crippen molar-refractivity contribution in [1.29, 1.82) is 0 Å². The summed E-state index contributed by atoms with van der Waals surface area (Å²) in [5.74, 6) is -0.287. The molecule has 2 aromatic carbocycles. The average Bonchev–Trinajstić information content (AvgIpc) is 2.81. The van der Waals surface area contributed by atoms with Crippen molar-refractivity contribution in [2.45, 2.75) is 13.0 Å². The molecule has 3 rings (SSSR count). The standard InChI is InChI=1S/C21H24N6O8/c1-13-12-23(7-8-24(13)16-6-5-14(25(29)30)9-18(16)26(31)32)21(28)15-10-19(27(33)34)17(22(2)3)11-20(15)35-4/h5-6,9-11,13H,7-8,12H2,1-4H3. The molecule has 186 valence electrons. The number of amides is 1. The maximum Gasteiger partial charge on any atom is 0.299 e. The molecular weight excluding hydrogens is 464 g/mol. The molecule has 0 N–H and O–H groups in total. The van der Waals surface area contributed by atoms with E-state index in [1.165, 1.54) is 36.3 Å². The van der Waals surface area contributed by atoms with Gasteiger partial charge in [-0.15, -0.1) is 0 Å². The summed E-state index contributed by atoms with van der Waals surface area (Å²) in [7, 11) is 4.65. The number of hydrogen-bond acceptors (Lipinski definition) is 10. The molecule has 0 aliphatic carbocycles. The number of carbonyl (C=O) groups excluding carboxylic acids is 1. The molecule has 0 spiro atoms. The first kappa shape index (κ1) is 25.1. The minimum absolute atomic E-state index is 0.0340. The van der Waals surface area contributed by atoms with Crippen molar-refractivity contribution in [3.05, 3.63) is 66.2 Å². The Hall–Kier alpha value is -4.49. The number of piperazine rings is 1. The molecule has 1 unspecified atom stereocenters. The van der Waals surface area contributed by atoms with E-state index in [4.69, 9.17) is 4.74 Å². The van der Waals surface area contributed by atoms with Crippen LogP contribution in [0.5, 0.6) is 5.75 Å². The van der Waals surface area contributed by atoms with Crippen LogP contribution in [0.25, 0.3) is 0 Å². The zero-order chi connectivity index (χ0) is 26.0. The molecule has 1 amide bonds. The van der Waals surface area contributed by atoms with Crippen LogP contribution < -0.4 is 14.5 Å². The highest BCUT2D eigenvalue weighted by molar-refractivity contribution is 5.99. The fourth-order valence-electron chi connectivity index (χ4n) is 4.08. The van der Waals surface area contributed by atoms with E-state index >= 15 is 0 Å². The zero-order valence-electron chi connectivity index (χ0n) is 19.5. The molecule has 35 heavy (non-hydrogen) atoms. The van der Waals surface area contributed by atoms with Crippen molar-refractivity contribution in [3.63, 3.8) is 0 Å². The van der Waals surface area contributed by atoms with Gasteiger partial charge in [0.15, 0.2) is 0 Å². The summed E-state index contributed by atoms with van der Waals surface area (Å²) in [6, 6.07) is 5.69. The topological polar surface area (TPSA) is 165 Å². The number of nitro groups is 3. The molecule has 1 heterocycles. The molecule has 0 saturated carbocycles. The molecule has 2 aromatic rings. The van der Waals surface area contributed by atoms with Crippen molar-refractivity contribution < 1.29 is 24.3 Å². The number of benzene rings is 2. The van der Waals surface area contributed by atoms with Gasteiger partial charge >= 0.3 is 0 Å². The van der Waals surface area contributed by atoms with Gasteiger partial charge in [0.1, 0.15) is 17.1 Å². The largest absolute Gasteiger partial charge is 0.496 e. The second kappa shape index (κ2) is 9.79. The third-order valence-electron chi connectivity index (χ3n) is 5.80. The Morgan fingerprint density at radius 3 is 2.17 bits per heavy atom. The first-order valence-corrected chi connectivity index (χ1v) is 10.5. The SMILES string of the molecule is COc1cc(N(C)C)c([N+](=O)[O-])cc1C(=O)N1CCN(c2ccc([N+](=O)[O-])cc2[N+](=O)[O-])C(C)C1.